The van der Waals surface area contributed by atoms with Crippen LogP contribution in [-0.2, 0) is 27.7 Å². The number of benzene rings is 2. The summed E-state index contributed by atoms with van der Waals surface area (Å²) in [5.74, 6) is 0. The molecule has 6 nitrogen and oxygen atoms in total. The van der Waals surface area contributed by atoms with Gasteiger partial charge in [-0.3, -0.25) is 4.79 Å². The number of fused-ring (bicyclic) bond motifs is 1. The van der Waals surface area contributed by atoms with Crippen LogP contribution in [-0.4, -0.2) is 37.0 Å². The van der Waals surface area contributed by atoms with Crippen molar-refractivity contribution in [1.29, 1.82) is 0 Å². The van der Waals surface area contributed by atoms with Crippen LogP contribution in [0.3, 0.4) is 0 Å². The first-order valence-corrected chi connectivity index (χ1v) is 12.2. The minimum Gasteiger partial charge on any atom is -0.377 e. The summed E-state index contributed by atoms with van der Waals surface area (Å²) in [6, 6.07) is 13.7. The second-order valence-electron chi connectivity index (χ2n) is 7.79. The fraction of sp³-hybridized carbons (Fsp3) is 0.348. The van der Waals surface area contributed by atoms with Gasteiger partial charge in [0.15, 0.2) is 0 Å². The minimum absolute atomic E-state index is 0.0353. The molecule has 4 rings (SSSR count). The molecular formula is C23H25ClN2O4S. The largest absolute Gasteiger partial charge is 0.377 e. The normalized spacial score (nSPS) is 16.9. The number of hydrogen-bond donors (Lipinski definition) is 1. The first kappa shape index (κ1) is 22.0. The van der Waals surface area contributed by atoms with Crippen LogP contribution >= 0.6 is 11.6 Å². The molecule has 0 saturated carbocycles. The standard InChI is InChI=1S/C23H25ClN2O4S/c1-2-16-5-10-22-17(12-16)13-18(23(27)25-22)14-26(15-20-4-3-11-30-20)31(28,29)21-8-6-19(24)7-9-21/h5-10,12-13,20H,2-4,11,14-15H2,1H3,(H,25,27). The Hall–Kier alpha value is -2.19. The second-order valence-corrected chi connectivity index (χ2v) is 10.2. The molecule has 2 heterocycles. The molecule has 1 saturated heterocycles. The van der Waals surface area contributed by atoms with Crippen molar-refractivity contribution in [1.82, 2.24) is 9.29 Å². The average Bonchev–Trinajstić information content (AvgIpc) is 3.27. The van der Waals surface area contributed by atoms with Gasteiger partial charge in [-0.25, -0.2) is 8.42 Å². The van der Waals surface area contributed by atoms with Crippen molar-refractivity contribution in [3.05, 3.63) is 75.0 Å². The maximum atomic E-state index is 13.4. The lowest BCUT2D eigenvalue weighted by molar-refractivity contribution is 0.0925. The van der Waals surface area contributed by atoms with E-state index in [1.54, 1.807) is 18.2 Å². The Bertz CT molecular complexity index is 1230. The van der Waals surface area contributed by atoms with Crippen LogP contribution in [0.4, 0.5) is 0 Å². The molecule has 164 valence electrons. The number of H-pyrrole nitrogens is 1. The summed E-state index contributed by atoms with van der Waals surface area (Å²) in [5.41, 5.74) is 1.99. The van der Waals surface area contributed by atoms with Gasteiger partial charge in [-0.1, -0.05) is 24.6 Å². The van der Waals surface area contributed by atoms with Gasteiger partial charge in [-0.05, 0) is 72.7 Å². The average molecular weight is 461 g/mol. The minimum atomic E-state index is -3.84. The summed E-state index contributed by atoms with van der Waals surface area (Å²) in [6.45, 7) is 2.84. The van der Waals surface area contributed by atoms with Crippen LogP contribution in [0.25, 0.3) is 10.9 Å². The lowest BCUT2D eigenvalue weighted by atomic mass is 10.1. The Morgan fingerprint density at radius 1 is 1.16 bits per heavy atom. The Morgan fingerprint density at radius 2 is 1.94 bits per heavy atom. The highest BCUT2D eigenvalue weighted by Gasteiger charge is 2.30. The van der Waals surface area contributed by atoms with E-state index in [-0.39, 0.29) is 29.6 Å². The van der Waals surface area contributed by atoms with Gasteiger partial charge in [0.2, 0.25) is 10.0 Å². The highest BCUT2D eigenvalue weighted by molar-refractivity contribution is 7.89. The molecule has 2 aromatic carbocycles. The van der Waals surface area contributed by atoms with E-state index in [1.807, 2.05) is 18.2 Å². The number of aromatic amines is 1. The number of aromatic nitrogens is 1. The molecule has 0 radical (unpaired) electrons. The number of halogens is 1. The highest BCUT2D eigenvalue weighted by atomic mass is 35.5. The zero-order valence-corrected chi connectivity index (χ0v) is 18.9. The predicted octanol–water partition coefficient (Wildman–Crippen LogP) is 4.11. The Labute approximate surface area is 186 Å². The summed E-state index contributed by atoms with van der Waals surface area (Å²) in [6.07, 6.45) is 2.38. The summed E-state index contributed by atoms with van der Waals surface area (Å²) in [7, 11) is -3.84. The molecule has 1 aromatic heterocycles. The first-order valence-electron chi connectivity index (χ1n) is 10.4. The fourth-order valence-corrected chi connectivity index (χ4v) is 5.42. The number of rotatable bonds is 7. The number of ether oxygens (including phenoxy) is 1. The van der Waals surface area contributed by atoms with Crippen LogP contribution in [0, 0.1) is 0 Å². The quantitative estimate of drug-likeness (QED) is 0.575. The van der Waals surface area contributed by atoms with E-state index >= 15 is 0 Å². The van der Waals surface area contributed by atoms with Crippen LogP contribution < -0.4 is 5.56 Å². The fourth-order valence-electron chi connectivity index (χ4n) is 3.85. The molecule has 31 heavy (non-hydrogen) atoms. The summed E-state index contributed by atoms with van der Waals surface area (Å²) in [4.78, 5) is 15.8. The third kappa shape index (κ3) is 4.85. The molecule has 8 heteroatoms. The van der Waals surface area contributed by atoms with E-state index in [1.165, 1.54) is 16.4 Å². The SMILES string of the molecule is CCc1ccc2[nH]c(=O)c(CN(CC3CCCO3)S(=O)(=O)c3ccc(Cl)cc3)cc2c1. The van der Waals surface area contributed by atoms with Crippen LogP contribution in [0.2, 0.25) is 5.02 Å². The highest BCUT2D eigenvalue weighted by Crippen LogP contribution is 2.24. The van der Waals surface area contributed by atoms with E-state index in [9.17, 15) is 13.2 Å². The van der Waals surface area contributed by atoms with E-state index in [0.717, 1.165) is 35.7 Å². The van der Waals surface area contributed by atoms with Crippen LogP contribution in [0.1, 0.15) is 30.9 Å². The van der Waals surface area contributed by atoms with Crippen LogP contribution in [0.5, 0.6) is 0 Å². The zero-order chi connectivity index (χ0) is 22.0. The van der Waals surface area contributed by atoms with Crippen molar-refractivity contribution in [2.45, 2.75) is 43.7 Å². The van der Waals surface area contributed by atoms with Gasteiger partial charge in [0, 0.05) is 35.8 Å². The van der Waals surface area contributed by atoms with Gasteiger partial charge in [-0.15, -0.1) is 0 Å². The molecule has 1 aliphatic rings. The maximum Gasteiger partial charge on any atom is 0.252 e. The molecule has 1 atom stereocenters. The summed E-state index contributed by atoms with van der Waals surface area (Å²) < 4.78 is 33.9. The molecular weight excluding hydrogens is 436 g/mol. The van der Waals surface area contributed by atoms with Crippen molar-refractivity contribution in [2.75, 3.05) is 13.2 Å². The second kappa shape index (κ2) is 9.12. The first-order chi connectivity index (χ1) is 14.9. The molecule has 0 spiro atoms. The van der Waals surface area contributed by atoms with Crippen molar-refractivity contribution in [3.8, 4) is 0 Å². The monoisotopic (exact) mass is 460 g/mol. The lowest BCUT2D eigenvalue weighted by Gasteiger charge is -2.25. The molecule has 1 unspecified atom stereocenters. The van der Waals surface area contributed by atoms with E-state index in [2.05, 4.69) is 11.9 Å². The van der Waals surface area contributed by atoms with Crippen LogP contribution in [0.15, 0.2) is 58.2 Å². The number of pyridine rings is 1. The molecule has 0 aliphatic carbocycles. The van der Waals surface area contributed by atoms with Crippen molar-refractivity contribution in [3.63, 3.8) is 0 Å². The number of sulfonamides is 1. The van der Waals surface area contributed by atoms with Gasteiger partial charge in [0.25, 0.3) is 5.56 Å². The van der Waals surface area contributed by atoms with Gasteiger partial charge < -0.3 is 9.72 Å². The van der Waals surface area contributed by atoms with E-state index in [0.29, 0.717) is 17.2 Å². The molecule has 0 bridgehead atoms. The molecule has 1 fully saturated rings. The van der Waals surface area contributed by atoms with Gasteiger partial charge in [-0.2, -0.15) is 4.31 Å². The zero-order valence-electron chi connectivity index (χ0n) is 17.3. The molecule has 3 aromatic rings. The summed E-state index contributed by atoms with van der Waals surface area (Å²) in [5, 5.41) is 1.34. The number of hydrogen-bond acceptors (Lipinski definition) is 4. The van der Waals surface area contributed by atoms with Gasteiger partial charge >= 0.3 is 0 Å². The lowest BCUT2D eigenvalue weighted by Crippen LogP contribution is -2.38. The maximum absolute atomic E-state index is 13.4. The van der Waals surface area contributed by atoms with Crippen molar-refractivity contribution in [2.24, 2.45) is 0 Å². The number of aryl methyl sites for hydroxylation is 1. The molecule has 1 N–H and O–H groups in total. The Balaban J connectivity index is 1.72. The number of nitrogens with one attached hydrogen (secondary N) is 1. The third-order valence-corrected chi connectivity index (χ3v) is 7.70. The third-order valence-electron chi connectivity index (χ3n) is 5.62. The van der Waals surface area contributed by atoms with Crippen molar-refractivity contribution < 1.29 is 13.2 Å². The van der Waals surface area contributed by atoms with E-state index in [4.69, 9.17) is 16.3 Å². The molecule has 0 amide bonds. The number of nitrogens with zero attached hydrogens (tertiary/aromatic N) is 1. The Kier molecular flexibility index (Phi) is 6.48. The topological polar surface area (TPSA) is 79.5 Å². The van der Waals surface area contributed by atoms with E-state index < -0.39 is 10.0 Å². The predicted molar refractivity (Wildman–Crippen MR) is 122 cm³/mol. The molecule has 1 aliphatic heterocycles. The van der Waals surface area contributed by atoms with Gasteiger partial charge in [0.1, 0.15) is 0 Å². The smallest absolute Gasteiger partial charge is 0.252 e. The summed E-state index contributed by atoms with van der Waals surface area (Å²) >= 11 is 5.94. The Morgan fingerprint density at radius 3 is 2.61 bits per heavy atom. The van der Waals surface area contributed by atoms with Gasteiger partial charge in [0.05, 0.1) is 11.0 Å². The van der Waals surface area contributed by atoms with Crippen molar-refractivity contribution >= 4 is 32.5 Å².